The molecule has 1 aliphatic rings. The van der Waals surface area contributed by atoms with E-state index in [0.29, 0.717) is 48.4 Å². The first-order valence-corrected chi connectivity index (χ1v) is 10.4. The minimum atomic E-state index is -0.783. The molecule has 0 amide bonds. The van der Waals surface area contributed by atoms with Crippen molar-refractivity contribution in [3.05, 3.63) is 60.0 Å². The largest absolute Gasteiger partial charge is 0.497 e. The highest BCUT2D eigenvalue weighted by Gasteiger charge is 2.33. The van der Waals surface area contributed by atoms with Crippen LogP contribution in [0.5, 0.6) is 23.0 Å². The van der Waals surface area contributed by atoms with Crippen molar-refractivity contribution in [1.82, 2.24) is 0 Å². The van der Waals surface area contributed by atoms with Crippen molar-refractivity contribution < 1.29 is 48.1 Å². The Morgan fingerprint density at radius 3 is 1.85 bits per heavy atom. The lowest BCUT2D eigenvalue weighted by Gasteiger charge is -2.26. The molecule has 2 aromatic carbocycles. The first-order chi connectivity index (χ1) is 16.5. The van der Waals surface area contributed by atoms with Crippen molar-refractivity contribution in [1.29, 1.82) is 0 Å². The molecule has 182 valence electrons. The second-order valence-electron chi connectivity index (χ2n) is 7.07. The first-order valence-electron chi connectivity index (χ1n) is 10.4. The Labute approximate surface area is 197 Å². The maximum absolute atomic E-state index is 12.6. The Hall–Kier alpha value is -3.50. The fraction of sp³-hybridized carbons (Fsp3) is 0.333. The van der Waals surface area contributed by atoms with E-state index >= 15 is 0 Å². The number of benzene rings is 2. The molecule has 0 aliphatic heterocycles. The van der Waals surface area contributed by atoms with Gasteiger partial charge in [0.2, 0.25) is 0 Å². The van der Waals surface area contributed by atoms with Gasteiger partial charge < -0.3 is 18.9 Å². The molecule has 34 heavy (non-hydrogen) atoms. The van der Waals surface area contributed by atoms with E-state index in [0.717, 1.165) is 0 Å². The molecule has 1 saturated carbocycles. The Bertz CT molecular complexity index is 910. The van der Waals surface area contributed by atoms with Gasteiger partial charge >= 0.3 is 11.9 Å². The van der Waals surface area contributed by atoms with Gasteiger partial charge in [-0.1, -0.05) is 0 Å². The lowest BCUT2D eigenvalue weighted by Crippen LogP contribution is -2.30. The lowest BCUT2D eigenvalue weighted by molar-refractivity contribution is -0.317. The Kier molecular flexibility index (Phi) is 8.94. The third kappa shape index (κ3) is 6.09. The van der Waals surface area contributed by atoms with Crippen LogP contribution < -0.4 is 18.9 Å². The Balaban J connectivity index is 1.62. The zero-order valence-corrected chi connectivity index (χ0v) is 19.3. The summed E-state index contributed by atoms with van der Waals surface area (Å²) in [5.74, 6) is -0.0620. The SMILES string of the molecule is COc1ccc(OC)c(C(=O)OO[C]2CC[CH]CC2OOC(=O)c2cc(OC)ccc2OC)c1. The van der Waals surface area contributed by atoms with Gasteiger partial charge in [-0.25, -0.2) is 9.59 Å². The van der Waals surface area contributed by atoms with Crippen LogP contribution in [0.1, 0.15) is 40.0 Å². The maximum Gasteiger partial charge on any atom is 0.376 e. The van der Waals surface area contributed by atoms with Crippen LogP contribution in [-0.2, 0) is 19.6 Å². The lowest BCUT2D eigenvalue weighted by atomic mass is 9.95. The van der Waals surface area contributed by atoms with Crippen LogP contribution in [0.2, 0.25) is 0 Å². The van der Waals surface area contributed by atoms with E-state index in [1.807, 2.05) is 6.42 Å². The van der Waals surface area contributed by atoms with Crippen molar-refractivity contribution in [3.63, 3.8) is 0 Å². The second kappa shape index (κ2) is 12.1. The molecule has 1 unspecified atom stereocenters. The summed E-state index contributed by atoms with van der Waals surface area (Å²) >= 11 is 0. The van der Waals surface area contributed by atoms with E-state index in [-0.39, 0.29) is 11.1 Å². The van der Waals surface area contributed by atoms with Crippen molar-refractivity contribution in [3.8, 4) is 23.0 Å². The van der Waals surface area contributed by atoms with Gasteiger partial charge in [0, 0.05) is 0 Å². The average molecular weight is 474 g/mol. The standard InChI is InChI=1S/C24H26O10/c1-27-15-9-11-19(29-3)17(13-15)23(25)33-31-21-7-5-6-8-22(21)32-34-24(26)18-14-16(28-2)10-12-20(18)30-4/h5,9-14,21H,6-8H2,1-4H3. The number of hydrogen-bond donors (Lipinski definition) is 0. The molecule has 0 saturated heterocycles. The Morgan fingerprint density at radius 1 is 0.765 bits per heavy atom. The molecule has 1 atom stereocenters. The normalized spacial score (nSPS) is 15.8. The summed E-state index contributed by atoms with van der Waals surface area (Å²) in [5, 5.41) is 0. The molecular formula is C24H26O10. The molecular weight excluding hydrogens is 448 g/mol. The van der Waals surface area contributed by atoms with E-state index in [1.165, 1.54) is 40.6 Å². The van der Waals surface area contributed by atoms with Crippen molar-refractivity contribution >= 4 is 11.9 Å². The van der Waals surface area contributed by atoms with E-state index in [9.17, 15) is 9.59 Å². The number of carbonyl (C=O) groups excluding carboxylic acids is 2. The summed E-state index contributed by atoms with van der Waals surface area (Å²) in [7, 11) is 5.82. The molecule has 3 rings (SSSR count). The van der Waals surface area contributed by atoms with Crippen molar-refractivity contribution in [2.75, 3.05) is 28.4 Å². The topological polar surface area (TPSA) is 108 Å². The number of rotatable bonds is 10. The fourth-order valence-corrected chi connectivity index (χ4v) is 3.22. The maximum atomic E-state index is 12.6. The summed E-state index contributed by atoms with van der Waals surface area (Å²) < 4.78 is 20.7. The van der Waals surface area contributed by atoms with Gasteiger partial charge in [0.25, 0.3) is 0 Å². The number of ether oxygens (including phenoxy) is 4. The summed E-state index contributed by atoms with van der Waals surface area (Å²) in [6.45, 7) is 0. The third-order valence-corrected chi connectivity index (χ3v) is 5.05. The van der Waals surface area contributed by atoms with Crippen LogP contribution in [0.3, 0.4) is 0 Å². The third-order valence-electron chi connectivity index (χ3n) is 5.05. The van der Waals surface area contributed by atoms with Gasteiger partial charge in [-0.15, -0.1) is 0 Å². The molecule has 2 radical (unpaired) electrons. The molecule has 1 fully saturated rings. The molecule has 0 N–H and O–H groups in total. The summed E-state index contributed by atoms with van der Waals surface area (Å²) in [6.07, 6.45) is 2.94. The number of carbonyl (C=O) groups is 2. The van der Waals surface area contributed by atoms with E-state index in [4.69, 9.17) is 38.5 Å². The van der Waals surface area contributed by atoms with Crippen LogP contribution in [0.4, 0.5) is 0 Å². The molecule has 2 aromatic rings. The molecule has 0 heterocycles. The Morgan fingerprint density at radius 2 is 1.32 bits per heavy atom. The number of methoxy groups -OCH3 is 4. The average Bonchev–Trinajstić information content (AvgIpc) is 2.89. The summed E-state index contributed by atoms with van der Waals surface area (Å²) in [6, 6.07) is 9.41. The van der Waals surface area contributed by atoms with E-state index < -0.39 is 18.0 Å². The molecule has 0 aromatic heterocycles. The highest BCUT2D eigenvalue weighted by Crippen LogP contribution is 2.32. The first kappa shape index (κ1) is 25.1. The van der Waals surface area contributed by atoms with E-state index in [2.05, 4.69) is 0 Å². The zero-order valence-electron chi connectivity index (χ0n) is 19.3. The summed E-state index contributed by atoms with van der Waals surface area (Å²) in [4.78, 5) is 45.8. The van der Waals surface area contributed by atoms with Gasteiger partial charge in [0.15, 0.2) is 6.10 Å². The summed E-state index contributed by atoms with van der Waals surface area (Å²) in [5.41, 5.74) is 0.250. The van der Waals surface area contributed by atoms with Crippen molar-refractivity contribution in [2.45, 2.75) is 25.4 Å². The van der Waals surface area contributed by atoms with Crippen molar-refractivity contribution in [2.24, 2.45) is 0 Å². The highest BCUT2D eigenvalue weighted by atomic mass is 17.2. The zero-order chi connectivity index (χ0) is 24.5. The second-order valence-corrected chi connectivity index (χ2v) is 7.07. The van der Waals surface area contributed by atoms with Gasteiger partial charge in [-0.05, 0) is 62.1 Å². The monoisotopic (exact) mass is 474 g/mol. The predicted octanol–water partition coefficient (Wildman–Crippen LogP) is 3.89. The molecule has 0 bridgehead atoms. The molecule has 10 heteroatoms. The molecule has 1 aliphatic carbocycles. The minimum absolute atomic E-state index is 0.124. The van der Waals surface area contributed by atoms with Crippen LogP contribution in [-0.4, -0.2) is 46.5 Å². The quantitative estimate of drug-likeness (QED) is 0.372. The number of hydrogen-bond acceptors (Lipinski definition) is 10. The van der Waals surface area contributed by atoms with Gasteiger partial charge in [-0.3, -0.25) is 9.78 Å². The van der Waals surface area contributed by atoms with Gasteiger partial charge in [-0.2, -0.15) is 9.78 Å². The van der Waals surface area contributed by atoms with Crippen LogP contribution >= 0.6 is 0 Å². The molecule has 0 spiro atoms. The van der Waals surface area contributed by atoms with Crippen LogP contribution in [0.15, 0.2) is 36.4 Å². The van der Waals surface area contributed by atoms with Gasteiger partial charge in [0.1, 0.15) is 40.2 Å². The smallest absolute Gasteiger partial charge is 0.376 e. The highest BCUT2D eigenvalue weighted by molar-refractivity contribution is 5.93. The van der Waals surface area contributed by atoms with Gasteiger partial charge in [0.05, 0.1) is 28.4 Å². The molecule has 10 nitrogen and oxygen atoms in total. The van der Waals surface area contributed by atoms with E-state index in [1.54, 1.807) is 24.3 Å². The van der Waals surface area contributed by atoms with Crippen LogP contribution in [0.25, 0.3) is 0 Å². The van der Waals surface area contributed by atoms with Crippen LogP contribution in [0, 0.1) is 12.5 Å². The minimum Gasteiger partial charge on any atom is -0.497 e. The fourth-order valence-electron chi connectivity index (χ4n) is 3.22. The predicted molar refractivity (Wildman–Crippen MR) is 117 cm³/mol.